The Balaban J connectivity index is 1.52. The third kappa shape index (κ3) is 5.26. The normalized spacial score (nSPS) is 13.6. The lowest BCUT2D eigenvalue weighted by atomic mass is 10.1. The first-order valence-electron chi connectivity index (χ1n) is 9.11. The van der Waals surface area contributed by atoms with Crippen LogP contribution >= 0.6 is 0 Å². The molecule has 0 aliphatic carbocycles. The van der Waals surface area contributed by atoms with Crippen molar-refractivity contribution >= 4 is 29.3 Å². The summed E-state index contributed by atoms with van der Waals surface area (Å²) >= 11 is 0. The Kier molecular flexibility index (Phi) is 6.16. The molecule has 1 heterocycles. The number of nitro benzene ring substituents is 1. The molecule has 0 saturated carbocycles. The first-order chi connectivity index (χ1) is 13.5. The highest BCUT2D eigenvalue weighted by Gasteiger charge is 2.17. The molecule has 2 amide bonds. The van der Waals surface area contributed by atoms with Gasteiger partial charge in [-0.25, -0.2) is 0 Å². The Morgan fingerprint density at radius 3 is 2.29 bits per heavy atom. The van der Waals surface area contributed by atoms with Crippen LogP contribution in [0.1, 0.15) is 24.0 Å². The van der Waals surface area contributed by atoms with Crippen LogP contribution < -0.4 is 5.32 Å². The summed E-state index contributed by atoms with van der Waals surface area (Å²) < 4.78 is 0. The molecule has 1 fully saturated rings. The zero-order valence-electron chi connectivity index (χ0n) is 15.3. The Hall–Kier alpha value is -3.48. The number of likely N-dealkylation sites (tertiary alicyclic amines) is 1. The molecule has 0 aromatic heterocycles. The molecule has 2 aromatic rings. The SMILES string of the molecule is O=C(/C=C/c1ccc([N+](=O)[O-])cc1)Nc1ccc(CC(=O)N2CCCC2)cc1. The number of nitrogens with zero attached hydrogens (tertiary/aromatic N) is 2. The maximum absolute atomic E-state index is 12.2. The average molecular weight is 379 g/mol. The molecule has 2 aromatic carbocycles. The lowest BCUT2D eigenvalue weighted by Gasteiger charge is -2.15. The van der Waals surface area contributed by atoms with Crippen molar-refractivity contribution in [2.75, 3.05) is 18.4 Å². The minimum Gasteiger partial charge on any atom is -0.342 e. The van der Waals surface area contributed by atoms with Crippen LogP contribution in [0, 0.1) is 10.1 Å². The van der Waals surface area contributed by atoms with Crippen LogP contribution in [0.4, 0.5) is 11.4 Å². The van der Waals surface area contributed by atoms with E-state index in [0.29, 0.717) is 17.7 Å². The quantitative estimate of drug-likeness (QED) is 0.473. The summed E-state index contributed by atoms with van der Waals surface area (Å²) in [6, 6.07) is 13.1. The molecule has 144 valence electrons. The van der Waals surface area contributed by atoms with Gasteiger partial charge in [-0.15, -0.1) is 0 Å². The Labute approximate surface area is 162 Å². The van der Waals surface area contributed by atoms with Gasteiger partial charge in [0.2, 0.25) is 11.8 Å². The van der Waals surface area contributed by atoms with E-state index >= 15 is 0 Å². The summed E-state index contributed by atoms with van der Waals surface area (Å²) in [7, 11) is 0. The third-order valence-electron chi connectivity index (χ3n) is 4.57. The molecule has 0 spiro atoms. The first-order valence-corrected chi connectivity index (χ1v) is 9.11. The van der Waals surface area contributed by atoms with Gasteiger partial charge in [0.25, 0.3) is 5.69 Å². The van der Waals surface area contributed by atoms with Gasteiger partial charge in [-0.2, -0.15) is 0 Å². The monoisotopic (exact) mass is 379 g/mol. The summed E-state index contributed by atoms with van der Waals surface area (Å²) in [6.07, 6.45) is 5.47. The Morgan fingerprint density at radius 2 is 1.68 bits per heavy atom. The average Bonchev–Trinajstić information content (AvgIpc) is 3.23. The zero-order valence-corrected chi connectivity index (χ0v) is 15.3. The number of carbonyl (C=O) groups excluding carboxylic acids is 2. The second-order valence-corrected chi connectivity index (χ2v) is 6.63. The van der Waals surface area contributed by atoms with Crippen molar-refractivity contribution in [1.29, 1.82) is 0 Å². The standard InChI is InChI=1S/C21H21N3O4/c25-20(12-7-16-5-10-19(11-6-16)24(27)28)22-18-8-3-17(4-9-18)15-21(26)23-13-1-2-14-23/h3-12H,1-2,13-15H2,(H,22,25)/b12-7+. The highest BCUT2D eigenvalue weighted by molar-refractivity contribution is 6.01. The summed E-state index contributed by atoms with van der Waals surface area (Å²) in [4.78, 5) is 36.2. The van der Waals surface area contributed by atoms with Crippen molar-refractivity contribution in [2.45, 2.75) is 19.3 Å². The molecular formula is C21H21N3O4. The molecule has 7 nitrogen and oxygen atoms in total. The number of nitro groups is 1. The van der Waals surface area contributed by atoms with Crippen molar-refractivity contribution < 1.29 is 14.5 Å². The van der Waals surface area contributed by atoms with Gasteiger partial charge in [-0.3, -0.25) is 19.7 Å². The summed E-state index contributed by atoms with van der Waals surface area (Å²) in [5.41, 5.74) is 2.24. The van der Waals surface area contributed by atoms with Crippen molar-refractivity contribution in [3.05, 3.63) is 75.8 Å². The minimum absolute atomic E-state index is 0.00454. The fourth-order valence-corrected chi connectivity index (χ4v) is 3.02. The van der Waals surface area contributed by atoms with Gasteiger partial charge in [0.15, 0.2) is 0 Å². The van der Waals surface area contributed by atoms with Crippen molar-refractivity contribution in [3.63, 3.8) is 0 Å². The number of hydrogen-bond acceptors (Lipinski definition) is 4. The van der Waals surface area contributed by atoms with E-state index in [0.717, 1.165) is 31.5 Å². The number of amides is 2. The third-order valence-corrected chi connectivity index (χ3v) is 4.57. The van der Waals surface area contributed by atoms with Gasteiger partial charge in [0.1, 0.15) is 0 Å². The van der Waals surface area contributed by atoms with E-state index in [1.54, 1.807) is 30.3 Å². The predicted molar refractivity (Wildman–Crippen MR) is 107 cm³/mol. The maximum atomic E-state index is 12.2. The summed E-state index contributed by atoms with van der Waals surface area (Å²) in [5.74, 6) is -0.167. The van der Waals surface area contributed by atoms with Crippen LogP contribution in [-0.4, -0.2) is 34.7 Å². The second kappa shape index (κ2) is 8.94. The van der Waals surface area contributed by atoms with Crippen molar-refractivity contribution in [1.82, 2.24) is 4.90 Å². The molecule has 3 rings (SSSR count). The van der Waals surface area contributed by atoms with Crippen LogP contribution in [0.5, 0.6) is 0 Å². The molecule has 0 unspecified atom stereocenters. The van der Waals surface area contributed by atoms with E-state index < -0.39 is 4.92 Å². The van der Waals surface area contributed by atoms with Crippen LogP contribution in [-0.2, 0) is 16.0 Å². The predicted octanol–water partition coefficient (Wildman–Crippen LogP) is 3.41. The highest BCUT2D eigenvalue weighted by Crippen LogP contribution is 2.15. The van der Waals surface area contributed by atoms with Gasteiger partial charge < -0.3 is 10.2 Å². The number of nitrogens with one attached hydrogen (secondary N) is 1. The maximum Gasteiger partial charge on any atom is 0.269 e. The molecule has 0 bridgehead atoms. The molecule has 1 aliphatic heterocycles. The van der Waals surface area contributed by atoms with Crippen molar-refractivity contribution in [3.8, 4) is 0 Å². The topological polar surface area (TPSA) is 92.5 Å². The van der Waals surface area contributed by atoms with E-state index in [-0.39, 0.29) is 17.5 Å². The van der Waals surface area contributed by atoms with Crippen LogP contribution in [0.2, 0.25) is 0 Å². The number of carbonyl (C=O) groups is 2. The largest absolute Gasteiger partial charge is 0.342 e. The van der Waals surface area contributed by atoms with Gasteiger partial charge in [0.05, 0.1) is 11.3 Å². The van der Waals surface area contributed by atoms with E-state index in [1.807, 2.05) is 17.0 Å². The van der Waals surface area contributed by atoms with E-state index in [2.05, 4.69) is 5.32 Å². The molecule has 1 aliphatic rings. The molecular weight excluding hydrogens is 358 g/mol. The van der Waals surface area contributed by atoms with Crippen molar-refractivity contribution in [2.24, 2.45) is 0 Å². The smallest absolute Gasteiger partial charge is 0.269 e. The molecule has 7 heteroatoms. The van der Waals surface area contributed by atoms with Crippen LogP contribution in [0.3, 0.4) is 0 Å². The number of anilines is 1. The highest BCUT2D eigenvalue weighted by atomic mass is 16.6. The Morgan fingerprint density at radius 1 is 1.04 bits per heavy atom. The number of rotatable bonds is 6. The van der Waals surface area contributed by atoms with E-state index in [1.165, 1.54) is 18.2 Å². The van der Waals surface area contributed by atoms with Gasteiger partial charge in [0, 0.05) is 37.0 Å². The lowest BCUT2D eigenvalue weighted by molar-refractivity contribution is -0.384. The summed E-state index contributed by atoms with van der Waals surface area (Å²) in [5, 5.41) is 13.4. The summed E-state index contributed by atoms with van der Waals surface area (Å²) in [6.45, 7) is 1.68. The lowest BCUT2D eigenvalue weighted by Crippen LogP contribution is -2.29. The van der Waals surface area contributed by atoms with Crippen LogP contribution in [0.15, 0.2) is 54.6 Å². The fraction of sp³-hybridized carbons (Fsp3) is 0.238. The first kappa shape index (κ1) is 19.3. The molecule has 1 saturated heterocycles. The Bertz CT molecular complexity index is 883. The molecule has 28 heavy (non-hydrogen) atoms. The zero-order chi connectivity index (χ0) is 19.9. The molecule has 0 radical (unpaired) electrons. The van der Waals surface area contributed by atoms with E-state index in [9.17, 15) is 19.7 Å². The molecule has 1 N–H and O–H groups in total. The van der Waals surface area contributed by atoms with E-state index in [4.69, 9.17) is 0 Å². The van der Waals surface area contributed by atoms with Gasteiger partial charge in [-0.1, -0.05) is 12.1 Å². The number of non-ortho nitro benzene ring substituents is 1. The fourth-order valence-electron chi connectivity index (χ4n) is 3.02. The minimum atomic E-state index is -0.470. The number of benzene rings is 2. The second-order valence-electron chi connectivity index (χ2n) is 6.63. The molecule has 0 atom stereocenters. The van der Waals surface area contributed by atoms with Gasteiger partial charge in [-0.05, 0) is 54.3 Å². The number of hydrogen-bond donors (Lipinski definition) is 1. The van der Waals surface area contributed by atoms with Crippen LogP contribution in [0.25, 0.3) is 6.08 Å². The van der Waals surface area contributed by atoms with Gasteiger partial charge >= 0.3 is 0 Å².